The van der Waals surface area contributed by atoms with Gasteiger partial charge in [-0.3, -0.25) is 9.78 Å². The van der Waals surface area contributed by atoms with Gasteiger partial charge in [0.25, 0.3) is 5.91 Å². The van der Waals surface area contributed by atoms with Crippen LogP contribution in [-0.4, -0.2) is 25.1 Å². The molecule has 2 aromatic carbocycles. The summed E-state index contributed by atoms with van der Waals surface area (Å²) in [6.07, 6.45) is 3.47. The molecule has 0 fully saturated rings. The van der Waals surface area contributed by atoms with Crippen LogP contribution < -0.4 is 14.8 Å². The van der Waals surface area contributed by atoms with Gasteiger partial charge in [0, 0.05) is 18.0 Å². The van der Waals surface area contributed by atoms with E-state index in [4.69, 9.17) is 9.47 Å². The fraction of sp³-hybridized carbons (Fsp3) is 0.182. The molecule has 1 heterocycles. The molecule has 1 amide bonds. The predicted octanol–water partition coefficient (Wildman–Crippen LogP) is 4.26. The van der Waals surface area contributed by atoms with Gasteiger partial charge in [-0.1, -0.05) is 24.3 Å². The third kappa shape index (κ3) is 4.08. The number of hydrogen-bond acceptors (Lipinski definition) is 4. The molecule has 0 aliphatic carbocycles. The Balaban J connectivity index is 1.84. The van der Waals surface area contributed by atoms with Crippen molar-refractivity contribution in [2.24, 2.45) is 0 Å². The number of hydrogen-bond donors (Lipinski definition) is 1. The molecule has 0 radical (unpaired) electrons. The molecule has 1 unspecified atom stereocenters. The molecule has 5 nitrogen and oxygen atoms in total. The fourth-order valence-corrected chi connectivity index (χ4v) is 2.98. The normalized spacial score (nSPS) is 11.5. The molecule has 0 spiro atoms. The quantitative estimate of drug-likeness (QED) is 0.712. The molecule has 0 aliphatic rings. The van der Waals surface area contributed by atoms with Gasteiger partial charge in [-0.15, -0.1) is 0 Å². The highest BCUT2D eigenvalue weighted by atomic mass is 16.5. The van der Waals surface area contributed by atoms with Crippen LogP contribution in [0.4, 0.5) is 0 Å². The van der Waals surface area contributed by atoms with E-state index in [9.17, 15) is 4.79 Å². The lowest BCUT2D eigenvalue weighted by Crippen LogP contribution is -2.27. The Bertz CT molecular complexity index is 926. The summed E-state index contributed by atoms with van der Waals surface area (Å²) in [5.74, 6) is 1.06. The van der Waals surface area contributed by atoms with Crippen molar-refractivity contribution in [3.8, 4) is 22.6 Å². The van der Waals surface area contributed by atoms with Crippen LogP contribution in [0.25, 0.3) is 11.1 Å². The van der Waals surface area contributed by atoms with Crippen LogP contribution in [0, 0.1) is 0 Å². The third-order valence-corrected chi connectivity index (χ3v) is 4.41. The molecular weight excluding hydrogens is 340 g/mol. The van der Waals surface area contributed by atoms with Crippen molar-refractivity contribution < 1.29 is 14.3 Å². The maximum atomic E-state index is 12.8. The molecule has 1 aromatic heterocycles. The number of carbonyl (C=O) groups is 1. The number of nitrogens with one attached hydrogen (secondary N) is 1. The van der Waals surface area contributed by atoms with Gasteiger partial charge in [-0.05, 0) is 48.4 Å². The molecule has 1 N–H and O–H groups in total. The lowest BCUT2D eigenvalue weighted by molar-refractivity contribution is 0.0936. The van der Waals surface area contributed by atoms with E-state index in [2.05, 4.69) is 10.3 Å². The number of ether oxygens (including phenoxy) is 2. The van der Waals surface area contributed by atoms with Crippen molar-refractivity contribution in [2.75, 3.05) is 14.2 Å². The molecule has 0 bridgehead atoms. The van der Waals surface area contributed by atoms with Crippen molar-refractivity contribution in [1.82, 2.24) is 10.3 Å². The number of amides is 1. The fourth-order valence-electron chi connectivity index (χ4n) is 2.98. The molecule has 3 aromatic rings. The first-order valence-electron chi connectivity index (χ1n) is 8.66. The number of carbonyl (C=O) groups excluding carboxylic acids is 1. The van der Waals surface area contributed by atoms with Gasteiger partial charge >= 0.3 is 0 Å². The predicted molar refractivity (Wildman–Crippen MR) is 105 cm³/mol. The lowest BCUT2D eigenvalue weighted by Gasteiger charge is -2.18. The summed E-state index contributed by atoms with van der Waals surface area (Å²) >= 11 is 0. The second kappa shape index (κ2) is 8.36. The van der Waals surface area contributed by atoms with E-state index in [1.54, 1.807) is 32.7 Å². The van der Waals surface area contributed by atoms with Gasteiger partial charge in [-0.25, -0.2) is 0 Å². The van der Waals surface area contributed by atoms with Gasteiger partial charge < -0.3 is 14.8 Å². The number of methoxy groups -OCH3 is 2. The van der Waals surface area contributed by atoms with Gasteiger partial charge in [0.05, 0.1) is 25.8 Å². The molecule has 0 aliphatic heterocycles. The summed E-state index contributed by atoms with van der Waals surface area (Å²) in [6, 6.07) is 16.8. The Labute approximate surface area is 159 Å². The standard InChI is InChI=1S/C22H22N2O3/c1-15(18-6-4-5-7-20(18)26-2)24-22(25)19-9-8-17(14-21(19)27-3)16-10-12-23-13-11-16/h4-15H,1-3H3,(H,24,25). The minimum atomic E-state index is -0.210. The van der Waals surface area contributed by atoms with E-state index in [0.717, 1.165) is 22.4 Å². The van der Waals surface area contributed by atoms with E-state index in [-0.39, 0.29) is 11.9 Å². The summed E-state index contributed by atoms with van der Waals surface area (Å²) in [7, 11) is 3.18. The Hall–Kier alpha value is -3.34. The van der Waals surface area contributed by atoms with Gasteiger partial charge in [0.1, 0.15) is 11.5 Å². The minimum absolute atomic E-state index is 0.202. The molecule has 1 atom stereocenters. The van der Waals surface area contributed by atoms with Gasteiger partial charge in [0.2, 0.25) is 0 Å². The molecule has 0 saturated heterocycles. The van der Waals surface area contributed by atoms with E-state index in [1.807, 2.05) is 55.5 Å². The van der Waals surface area contributed by atoms with Crippen LogP contribution in [0.15, 0.2) is 67.0 Å². The van der Waals surface area contributed by atoms with E-state index >= 15 is 0 Å². The maximum Gasteiger partial charge on any atom is 0.255 e. The van der Waals surface area contributed by atoms with Crippen LogP contribution in [0.1, 0.15) is 28.9 Å². The monoisotopic (exact) mass is 362 g/mol. The second-order valence-electron chi connectivity index (χ2n) is 6.09. The van der Waals surface area contributed by atoms with Gasteiger partial charge in [-0.2, -0.15) is 0 Å². The average molecular weight is 362 g/mol. The summed E-state index contributed by atoms with van der Waals surface area (Å²) in [5.41, 5.74) is 3.37. The Morgan fingerprint density at radius 1 is 0.926 bits per heavy atom. The van der Waals surface area contributed by atoms with Crippen molar-refractivity contribution in [3.63, 3.8) is 0 Å². The third-order valence-electron chi connectivity index (χ3n) is 4.41. The zero-order chi connectivity index (χ0) is 19.2. The number of nitrogens with zero attached hydrogens (tertiary/aromatic N) is 1. The molecule has 5 heteroatoms. The maximum absolute atomic E-state index is 12.8. The number of para-hydroxylation sites is 1. The molecule has 3 rings (SSSR count). The second-order valence-corrected chi connectivity index (χ2v) is 6.09. The summed E-state index contributed by atoms with van der Waals surface area (Å²) in [4.78, 5) is 16.8. The van der Waals surface area contributed by atoms with Crippen LogP contribution in [0.2, 0.25) is 0 Å². The smallest absolute Gasteiger partial charge is 0.255 e. The minimum Gasteiger partial charge on any atom is -0.496 e. The molecular formula is C22H22N2O3. The Morgan fingerprint density at radius 2 is 1.63 bits per heavy atom. The summed E-state index contributed by atoms with van der Waals surface area (Å²) in [5, 5.41) is 3.01. The number of rotatable bonds is 6. The largest absolute Gasteiger partial charge is 0.496 e. The highest BCUT2D eigenvalue weighted by Gasteiger charge is 2.18. The summed E-state index contributed by atoms with van der Waals surface area (Å²) < 4.78 is 10.8. The summed E-state index contributed by atoms with van der Waals surface area (Å²) in [6.45, 7) is 1.92. The Morgan fingerprint density at radius 3 is 2.33 bits per heavy atom. The molecule has 27 heavy (non-hydrogen) atoms. The van der Waals surface area contributed by atoms with Crippen molar-refractivity contribution in [2.45, 2.75) is 13.0 Å². The van der Waals surface area contributed by atoms with Gasteiger partial charge in [0.15, 0.2) is 0 Å². The van der Waals surface area contributed by atoms with Crippen molar-refractivity contribution in [1.29, 1.82) is 0 Å². The first kappa shape index (κ1) is 18.5. The number of aromatic nitrogens is 1. The van der Waals surface area contributed by atoms with Crippen LogP contribution in [-0.2, 0) is 0 Å². The highest BCUT2D eigenvalue weighted by Crippen LogP contribution is 2.29. The number of benzene rings is 2. The topological polar surface area (TPSA) is 60.5 Å². The first-order valence-corrected chi connectivity index (χ1v) is 8.66. The zero-order valence-corrected chi connectivity index (χ0v) is 15.6. The van der Waals surface area contributed by atoms with Crippen molar-refractivity contribution in [3.05, 3.63) is 78.1 Å². The highest BCUT2D eigenvalue weighted by molar-refractivity contribution is 5.98. The Kier molecular flexibility index (Phi) is 5.71. The van der Waals surface area contributed by atoms with E-state index in [1.165, 1.54) is 0 Å². The molecule has 0 saturated carbocycles. The molecule has 138 valence electrons. The van der Waals surface area contributed by atoms with Crippen LogP contribution >= 0.6 is 0 Å². The van der Waals surface area contributed by atoms with E-state index in [0.29, 0.717) is 11.3 Å². The van der Waals surface area contributed by atoms with Crippen LogP contribution in [0.5, 0.6) is 11.5 Å². The van der Waals surface area contributed by atoms with Crippen LogP contribution in [0.3, 0.4) is 0 Å². The first-order chi connectivity index (χ1) is 13.1. The SMILES string of the molecule is COc1cc(-c2ccncc2)ccc1C(=O)NC(C)c1ccccc1OC. The van der Waals surface area contributed by atoms with E-state index < -0.39 is 0 Å². The van der Waals surface area contributed by atoms with Crippen molar-refractivity contribution >= 4 is 5.91 Å². The average Bonchev–Trinajstić information content (AvgIpc) is 2.73. The number of pyridine rings is 1. The zero-order valence-electron chi connectivity index (χ0n) is 15.6. The lowest BCUT2D eigenvalue weighted by atomic mass is 10.0.